The summed E-state index contributed by atoms with van der Waals surface area (Å²) in [4.78, 5) is 24.2. The van der Waals surface area contributed by atoms with Crippen LogP contribution in [0.2, 0.25) is 0 Å². The monoisotopic (exact) mass is 460 g/mol. The molecular weight excluding hydrogens is 444 g/mol. The summed E-state index contributed by atoms with van der Waals surface area (Å²) >= 11 is 4.53. The third-order valence-electron chi connectivity index (χ3n) is 3.75. The molecule has 0 aliphatic carbocycles. The molecule has 0 aromatic heterocycles. The molecule has 1 saturated heterocycles. The second kappa shape index (κ2) is 9.52. The molecule has 1 atom stereocenters. The van der Waals surface area contributed by atoms with Crippen molar-refractivity contribution in [1.82, 2.24) is 5.32 Å². The van der Waals surface area contributed by atoms with Gasteiger partial charge in [-0.2, -0.15) is 5.10 Å². The minimum absolute atomic E-state index is 0.0494. The van der Waals surface area contributed by atoms with E-state index in [2.05, 4.69) is 36.8 Å². The van der Waals surface area contributed by atoms with Crippen LogP contribution in [0, 0.1) is 0 Å². The maximum absolute atomic E-state index is 12.2. The normalized spacial score (nSPS) is 17.7. The Hall–Kier alpha value is -2.65. The van der Waals surface area contributed by atoms with E-state index in [0.29, 0.717) is 10.9 Å². The molecule has 28 heavy (non-hydrogen) atoms. The lowest BCUT2D eigenvalue weighted by Gasteiger charge is -2.07. The van der Waals surface area contributed by atoms with Crippen LogP contribution in [0.5, 0.6) is 5.75 Å². The number of amides is 2. The number of methoxy groups -OCH3 is 1. The average Bonchev–Trinajstić information content (AvgIpc) is 3.03. The topological polar surface area (TPSA) is 92.2 Å². The van der Waals surface area contributed by atoms with Crippen LogP contribution in [-0.4, -0.2) is 35.6 Å². The predicted molar refractivity (Wildman–Crippen MR) is 115 cm³/mol. The molecule has 3 rings (SSSR count). The highest BCUT2D eigenvalue weighted by Crippen LogP contribution is 2.23. The van der Waals surface area contributed by atoms with E-state index in [0.717, 1.165) is 15.8 Å². The fraction of sp³-hybridized carbons (Fsp3) is 0.158. The number of nitrogens with zero attached hydrogens (tertiary/aromatic N) is 2. The van der Waals surface area contributed by atoms with Gasteiger partial charge in [-0.05, 0) is 54.1 Å². The number of hydrogen-bond acceptors (Lipinski definition) is 6. The molecule has 0 radical (unpaired) electrons. The molecule has 0 unspecified atom stereocenters. The number of benzene rings is 2. The van der Waals surface area contributed by atoms with Crippen molar-refractivity contribution in [3.63, 3.8) is 0 Å². The molecule has 2 N–H and O–H groups in total. The number of carbonyl (C=O) groups is 2. The number of halogens is 1. The highest BCUT2D eigenvalue weighted by molar-refractivity contribution is 9.10. The Labute approximate surface area is 174 Å². The molecule has 2 aromatic carbocycles. The zero-order chi connectivity index (χ0) is 19.9. The van der Waals surface area contributed by atoms with Crippen LogP contribution >= 0.6 is 27.7 Å². The summed E-state index contributed by atoms with van der Waals surface area (Å²) in [5, 5.41) is 13.2. The van der Waals surface area contributed by atoms with Crippen LogP contribution in [0.4, 0.5) is 5.69 Å². The van der Waals surface area contributed by atoms with Crippen molar-refractivity contribution in [2.75, 3.05) is 12.4 Å². The van der Waals surface area contributed by atoms with E-state index in [-0.39, 0.29) is 18.2 Å². The standard InChI is InChI=1S/C19H17BrN4O3S/c1-27-15-8-2-12(3-9-15)11-21-24-19-23-18(26)16(28-19)10-17(25)22-14-6-4-13(20)5-7-14/h2-9,11,16H,10H2,1H3,(H,22,25)(H,23,24,26)/b21-11-/t16-/m0/s1. The summed E-state index contributed by atoms with van der Waals surface area (Å²) in [5.41, 5.74) is 1.53. The van der Waals surface area contributed by atoms with E-state index < -0.39 is 5.25 Å². The number of hydrogen-bond donors (Lipinski definition) is 2. The molecule has 1 aliphatic heterocycles. The van der Waals surface area contributed by atoms with E-state index in [4.69, 9.17) is 4.74 Å². The van der Waals surface area contributed by atoms with Gasteiger partial charge >= 0.3 is 0 Å². The first-order valence-electron chi connectivity index (χ1n) is 8.31. The number of rotatable bonds is 6. The molecule has 7 nitrogen and oxygen atoms in total. The van der Waals surface area contributed by atoms with E-state index in [1.165, 1.54) is 11.8 Å². The highest BCUT2D eigenvalue weighted by atomic mass is 79.9. The van der Waals surface area contributed by atoms with Crippen molar-refractivity contribution in [2.45, 2.75) is 11.7 Å². The van der Waals surface area contributed by atoms with Gasteiger partial charge in [0.25, 0.3) is 0 Å². The van der Waals surface area contributed by atoms with Crippen LogP contribution in [0.3, 0.4) is 0 Å². The van der Waals surface area contributed by atoms with Gasteiger partial charge in [0.05, 0.1) is 13.3 Å². The molecular formula is C19H17BrN4O3S. The summed E-state index contributed by atoms with van der Waals surface area (Å²) in [6.07, 6.45) is 1.63. The maximum atomic E-state index is 12.2. The smallest absolute Gasteiger partial charge is 0.240 e. The molecule has 1 aliphatic rings. The first kappa shape index (κ1) is 20.1. The predicted octanol–water partition coefficient (Wildman–Crippen LogP) is 3.41. The molecule has 1 heterocycles. The molecule has 2 aromatic rings. The number of nitrogens with one attached hydrogen (secondary N) is 2. The molecule has 0 saturated carbocycles. The Bertz CT molecular complexity index is 914. The summed E-state index contributed by atoms with van der Waals surface area (Å²) in [6.45, 7) is 0. The number of amidine groups is 1. The van der Waals surface area contributed by atoms with Crippen molar-refractivity contribution in [2.24, 2.45) is 10.2 Å². The molecule has 2 amide bonds. The molecule has 0 bridgehead atoms. The lowest BCUT2D eigenvalue weighted by atomic mass is 10.2. The minimum atomic E-state index is -0.537. The maximum Gasteiger partial charge on any atom is 0.240 e. The van der Waals surface area contributed by atoms with Crippen molar-refractivity contribution >= 4 is 56.6 Å². The molecule has 144 valence electrons. The summed E-state index contributed by atoms with van der Waals surface area (Å²) in [5.74, 6) is 0.263. The van der Waals surface area contributed by atoms with Crippen molar-refractivity contribution in [1.29, 1.82) is 0 Å². The fourth-order valence-electron chi connectivity index (χ4n) is 2.34. The number of anilines is 1. The molecule has 1 fully saturated rings. The van der Waals surface area contributed by atoms with E-state index in [9.17, 15) is 9.59 Å². The van der Waals surface area contributed by atoms with Gasteiger partial charge in [-0.1, -0.05) is 27.7 Å². The van der Waals surface area contributed by atoms with Crippen LogP contribution in [-0.2, 0) is 9.59 Å². The Morgan fingerprint density at radius 1 is 1.25 bits per heavy atom. The average molecular weight is 461 g/mol. The van der Waals surface area contributed by atoms with E-state index in [1.807, 2.05) is 36.4 Å². The quantitative estimate of drug-likeness (QED) is 0.510. The number of thioether (sulfide) groups is 1. The first-order valence-corrected chi connectivity index (χ1v) is 9.99. The zero-order valence-corrected chi connectivity index (χ0v) is 17.3. The van der Waals surface area contributed by atoms with Crippen molar-refractivity contribution in [3.8, 4) is 5.75 Å². The lowest BCUT2D eigenvalue weighted by molar-refractivity contribution is -0.122. The van der Waals surface area contributed by atoms with Crippen LogP contribution < -0.4 is 15.4 Å². The van der Waals surface area contributed by atoms with Crippen molar-refractivity contribution in [3.05, 3.63) is 58.6 Å². The third-order valence-corrected chi connectivity index (χ3v) is 5.35. The second-order valence-corrected chi connectivity index (χ2v) is 7.88. The Balaban J connectivity index is 1.53. The Morgan fingerprint density at radius 2 is 1.96 bits per heavy atom. The number of carbonyl (C=O) groups excluding carboxylic acids is 2. The van der Waals surface area contributed by atoms with Gasteiger partial charge in [0.1, 0.15) is 11.0 Å². The van der Waals surface area contributed by atoms with Crippen LogP contribution in [0.25, 0.3) is 0 Å². The Kier molecular flexibility index (Phi) is 6.83. The summed E-state index contributed by atoms with van der Waals surface area (Å²) in [6, 6.07) is 14.6. The highest BCUT2D eigenvalue weighted by Gasteiger charge is 2.32. The SMILES string of the molecule is COc1ccc(/C=N\N=C2/NC(=O)[C@H](CC(=O)Nc3ccc(Br)cc3)S2)cc1. The van der Waals surface area contributed by atoms with Crippen LogP contribution in [0.1, 0.15) is 12.0 Å². The van der Waals surface area contributed by atoms with Gasteiger partial charge < -0.3 is 15.4 Å². The van der Waals surface area contributed by atoms with Crippen molar-refractivity contribution < 1.29 is 14.3 Å². The fourth-order valence-corrected chi connectivity index (χ4v) is 3.53. The second-order valence-electron chi connectivity index (χ2n) is 5.78. The summed E-state index contributed by atoms with van der Waals surface area (Å²) in [7, 11) is 1.60. The van der Waals surface area contributed by atoms with Gasteiger partial charge in [-0.15, -0.1) is 5.10 Å². The molecule has 9 heteroatoms. The van der Waals surface area contributed by atoms with Gasteiger partial charge in [0.2, 0.25) is 11.8 Å². The minimum Gasteiger partial charge on any atom is -0.497 e. The van der Waals surface area contributed by atoms with Gasteiger partial charge in [-0.25, -0.2) is 0 Å². The van der Waals surface area contributed by atoms with E-state index >= 15 is 0 Å². The van der Waals surface area contributed by atoms with E-state index in [1.54, 1.807) is 25.5 Å². The first-order chi connectivity index (χ1) is 13.5. The van der Waals surface area contributed by atoms with Gasteiger partial charge in [-0.3, -0.25) is 9.59 Å². The largest absolute Gasteiger partial charge is 0.497 e. The lowest BCUT2D eigenvalue weighted by Crippen LogP contribution is -2.28. The number of ether oxygens (including phenoxy) is 1. The third kappa shape index (κ3) is 5.67. The summed E-state index contributed by atoms with van der Waals surface area (Å²) < 4.78 is 6.02. The Morgan fingerprint density at radius 3 is 2.64 bits per heavy atom. The zero-order valence-electron chi connectivity index (χ0n) is 14.9. The van der Waals surface area contributed by atoms with Gasteiger partial charge in [0, 0.05) is 16.6 Å². The molecule has 0 spiro atoms. The van der Waals surface area contributed by atoms with Crippen LogP contribution in [0.15, 0.2) is 63.2 Å². The van der Waals surface area contributed by atoms with Gasteiger partial charge in [0.15, 0.2) is 5.17 Å².